The second-order valence-electron chi connectivity index (χ2n) is 5.26. The lowest BCUT2D eigenvalue weighted by Gasteiger charge is -2.29. The Morgan fingerprint density at radius 1 is 1.16 bits per heavy atom. The summed E-state index contributed by atoms with van der Waals surface area (Å²) in [6, 6.07) is 9.00. The molecule has 3 heteroatoms. The molecule has 0 bridgehead atoms. The van der Waals surface area contributed by atoms with Gasteiger partial charge in [-0.05, 0) is 37.8 Å². The van der Waals surface area contributed by atoms with Gasteiger partial charge >= 0.3 is 0 Å². The van der Waals surface area contributed by atoms with Crippen molar-refractivity contribution in [3.05, 3.63) is 36.7 Å². The van der Waals surface area contributed by atoms with Gasteiger partial charge in [0, 0.05) is 42.0 Å². The minimum Gasteiger partial charge on any atom is -0.382 e. The highest BCUT2D eigenvalue weighted by molar-refractivity contribution is 5.93. The summed E-state index contributed by atoms with van der Waals surface area (Å²) < 4.78 is 5.42. The van der Waals surface area contributed by atoms with Crippen molar-refractivity contribution in [2.24, 2.45) is 0 Å². The molecule has 0 unspecified atom stereocenters. The molecule has 1 N–H and O–H groups in total. The van der Waals surface area contributed by atoms with Crippen LogP contribution in [0.4, 0.5) is 5.69 Å². The molecule has 0 aliphatic heterocycles. The van der Waals surface area contributed by atoms with E-state index in [1.54, 1.807) is 0 Å². The van der Waals surface area contributed by atoms with Crippen molar-refractivity contribution in [2.45, 2.75) is 37.8 Å². The maximum atomic E-state index is 5.42. The summed E-state index contributed by atoms with van der Waals surface area (Å²) >= 11 is 0. The largest absolute Gasteiger partial charge is 0.382 e. The summed E-state index contributed by atoms with van der Waals surface area (Å²) in [5, 5.41) is 6.13. The van der Waals surface area contributed by atoms with Gasteiger partial charge in [-0.15, -0.1) is 0 Å². The Labute approximate surface area is 114 Å². The van der Waals surface area contributed by atoms with Crippen LogP contribution in [0.1, 0.15) is 25.7 Å². The third kappa shape index (κ3) is 2.71. The first kappa shape index (κ1) is 12.4. The topological polar surface area (TPSA) is 34.1 Å². The van der Waals surface area contributed by atoms with Gasteiger partial charge in [-0.1, -0.05) is 12.1 Å². The minimum absolute atomic E-state index is 0.453. The van der Waals surface area contributed by atoms with Crippen molar-refractivity contribution in [3.63, 3.8) is 0 Å². The van der Waals surface area contributed by atoms with Crippen molar-refractivity contribution in [3.8, 4) is 0 Å². The molecule has 1 heterocycles. The van der Waals surface area contributed by atoms with Crippen LogP contribution in [0.5, 0.6) is 0 Å². The Morgan fingerprint density at radius 2 is 2.00 bits per heavy atom. The van der Waals surface area contributed by atoms with Crippen LogP contribution in [0.2, 0.25) is 0 Å². The average molecular weight is 256 g/mol. The number of nitrogens with one attached hydrogen (secondary N) is 1. The van der Waals surface area contributed by atoms with Gasteiger partial charge in [-0.2, -0.15) is 0 Å². The fourth-order valence-corrected chi connectivity index (χ4v) is 2.91. The molecule has 3 nitrogen and oxygen atoms in total. The van der Waals surface area contributed by atoms with Crippen LogP contribution >= 0.6 is 0 Å². The highest BCUT2D eigenvalue weighted by Gasteiger charge is 2.20. The quantitative estimate of drug-likeness (QED) is 0.911. The number of rotatable bonds is 3. The molecule has 1 aromatic carbocycles. The van der Waals surface area contributed by atoms with E-state index >= 15 is 0 Å². The maximum Gasteiger partial charge on any atom is 0.0572 e. The number of hydrogen-bond donors (Lipinski definition) is 1. The standard InChI is InChI=1S/C16H20N2O/c1-19-14-7-5-13(6-8-14)18-16-4-2-3-12-11-17-10-9-15(12)16/h2-4,9-11,13-14,18H,5-8H2,1H3. The Bertz CT molecular complexity index is 542. The van der Waals surface area contributed by atoms with Gasteiger partial charge < -0.3 is 10.1 Å². The van der Waals surface area contributed by atoms with Crippen molar-refractivity contribution >= 4 is 16.5 Å². The minimum atomic E-state index is 0.453. The first-order valence-electron chi connectivity index (χ1n) is 6.99. The summed E-state index contributed by atoms with van der Waals surface area (Å²) in [6.45, 7) is 0. The van der Waals surface area contributed by atoms with Crippen LogP contribution < -0.4 is 5.32 Å². The normalized spacial score (nSPS) is 23.4. The number of anilines is 1. The number of pyridine rings is 1. The summed E-state index contributed by atoms with van der Waals surface area (Å²) in [5.74, 6) is 0. The Kier molecular flexibility index (Phi) is 3.65. The molecule has 0 saturated heterocycles. The van der Waals surface area contributed by atoms with Gasteiger partial charge in [0.15, 0.2) is 0 Å². The molecule has 0 spiro atoms. The van der Waals surface area contributed by atoms with E-state index in [-0.39, 0.29) is 0 Å². The molecule has 0 amide bonds. The van der Waals surface area contributed by atoms with Gasteiger partial charge in [-0.25, -0.2) is 0 Å². The SMILES string of the molecule is COC1CCC(Nc2cccc3cnccc23)CC1. The predicted molar refractivity (Wildman–Crippen MR) is 78.4 cm³/mol. The number of nitrogens with zero attached hydrogens (tertiary/aromatic N) is 1. The Hall–Kier alpha value is -1.61. The Morgan fingerprint density at radius 3 is 2.79 bits per heavy atom. The molecule has 0 atom stereocenters. The smallest absolute Gasteiger partial charge is 0.0572 e. The number of fused-ring (bicyclic) bond motifs is 1. The van der Waals surface area contributed by atoms with Crippen LogP contribution in [0.15, 0.2) is 36.7 Å². The fourth-order valence-electron chi connectivity index (χ4n) is 2.91. The monoisotopic (exact) mass is 256 g/mol. The number of benzene rings is 1. The summed E-state index contributed by atoms with van der Waals surface area (Å²) in [4.78, 5) is 4.18. The number of methoxy groups -OCH3 is 1. The van der Waals surface area contributed by atoms with E-state index < -0.39 is 0 Å². The van der Waals surface area contributed by atoms with Crippen molar-refractivity contribution in [1.29, 1.82) is 0 Å². The Balaban J connectivity index is 1.75. The molecule has 1 saturated carbocycles. The van der Waals surface area contributed by atoms with E-state index in [0.717, 1.165) is 12.8 Å². The first-order chi connectivity index (χ1) is 9.36. The molecule has 1 aliphatic rings. The zero-order chi connectivity index (χ0) is 13.1. The highest BCUT2D eigenvalue weighted by atomic mass is 16.5. The van der Waals surface area contributed by atoms with Gasteiger partial charge in [0.1, 0.15) is 0 Å². The lowest BCUT2D eigenvalue weighted by Crippen LogP contribution is -2.29. The van der Waals surface area contributed by atoms with E-state index in [9.17, 15) is 0 Å². The molecule has 1 fully saturated rings. The zero-order valence-corrected chi connectivity index (χ0v) is 11.3. The molecule has 1 aromatic heterocycles. The van der Waals surface area contributed by atoms with E-state index in [0.29, 0.717) is 12.1 Å². The lowest BCUT2D eigenvalue weighted by atomic mass is 9.92. The van der Waals surface area contributed by atoms with E-state index in [2.05, 4.69) is 34.6 Å². The summed E-state index contributed by atoms with van der Waals surface area (Å²) in [5.41, 5.74) is 1.22. The van der Waals surface area contributed by atoms with Gasteiger partial charge in [0.2, 0.25) is 0 Å². The van der Waals surface area contributed by atoms with Crippen LogP contribution in [-0.4, -0.2) is 24.2 Å². The van der Waals surface area contributed by atoms with E-state index in [1.165, 1.54) is 29.3 Å². The molecule has 100 valence electrons. The fraction of sp³-hybridized carbons (Fsp3) is 0.438. The predicted octanol–water partition coefficient (Wildman–Crippen LogP) is 3.60. The molecule has 0 radical (unpaired) electrons. The molecule has 2 aromatic rings. The number of hydrogen-bond acceptors (Lipinski definition) is 3. The van der Waals surface area contributed by atoms with Crippen molar-refractivity contribution in [1.82, 2.24) is 4.98 Å². The molecule has 1 aliphatic carbocycles. The summed E-state index contributed by atoms with van der Waals surface area (Å²) in [6.07, 6.45) is 8.90. The number of ether oxygens (including phenoxy) is 1. The maximum absolute atomic E-state index is 5.42. The van der Waals surface area contributed by atoms with Gasteiger partial charge in [0.05, 0.1) is 6.10 Å². The second kappa shape index (κ2) is 5.57. The lowest BCUT2D eigenvalue weighted by molar-refractivity contribution is 0.0682. The van der Waals surface area contributed by atoms with Gasteiger partial charge in [0.25, 0.3) is 0 Å². The molecular formula is C16H20N2O. The highest BCUT2D eigenvalue weighted by Crippen LogP contribution is 2.27. The van der Waals surface area contributed by atoms with Crippen LogP contribution in [-0.2, 0) is 4.74 Å². The van der Waals surface area contributed by atoms with Crippen LogP contribution in [0.25, 0.3) is 10.8 Å². The van der Waals surface area contributed by atoms with Crippen molar-refractivity contribution in [2.75, 3.05) is 12.4 Å². The third-order valence-electron chi connectivity index (χ3n) is 4.05. The molecule has 3 rings (SSSR count). The third-order valence-corrected chi connectivity index (χ3v) is 4.05. The second-order valence-corrected chi connectivity index (χ2v) is 5.26. The molecule has 19 heavy (non-hydrogen) atoms. The van der Waals surface area contributed by atoms with Crippen LogP contribution in [0, 0.1) is 0 Å². The van der Waals surface area contributed by atoms with E-state index in [1.807, 2.05) is 19.5 Å². The van der Waals surface area contributed by atoms with Crippen LogP contribution in [0.3, 0.4) is 0 Å². The molecular weight excluding hydrogens is 236 g/mol. The van der Waals surface area contributed by atoms with Gasteiger partial charge in [-0.3, -0.25) is 4.98 Å². The number of aromatic nitrogens is 1. The first-order valence-corrected chi connectivity index (χ1v) is 6.99. The average Bonchev–Trinajstić information content (AvgIpc) is 2.48. The zero-order valence-electron chi connectivity index (χ0n) is 11.3. The summed E-state index contributed by atoms with van der Waals surface area (Å²) in [7, 11) is 1.82. The van der Waals surface area contributed by atoms with E-state index in [4.69, 9.17) is 4.74 Å². The van der Waals surface area contributed by atoms with Crippen molar-refractivity contribution < 1.29 is 4.74 Å².